The van der Waals surface area contributed by atoms with Gasteiger partial charge in [0.15, 0.2) is 0 Å². The van der Waals surface area contributed by atoms with Crippen molar-refractivity contribution in [2.24, 2.45) is 40.2 Å². The third-order valence-corrected chi connectivity index (χ3v) is 14.4. The van der Waals surface area contributed by atoms with E-state index in [0.717, 1.165) is 51.4 Å². The van der Waals surface area contributed by atoms with Crippen molar-refractivity contribution in [1.82, 2.24) is 29.5 Å². The molecule has 3 saturated carbocycles. The molecule has 5 fully saturated rings. The van der Waals surface area contributed by atoms with Gasteiger partial charge in [0.1, 0.15) is 12.1 Å². The predicted octanol–water partition coefficient (Wildman–Crippen LogP) is 1.74. The van der Waals surface area contributed by atoms with Gasteiger partial charge in [-0.1, -0.05) is 73.1 Å². The van der Waals surface area contributed by atoms with E-state index >= 15 is 0 Å². The second-order valence-corrected chi connectivity index (χ2v) is 19.2. The van der Waals surface area contributed by atoms with Crippen LogP contribution in [0.2, 0.25) is 0 Å². The fourth-order valence-corrected chi connectivity index (χ4v) is 10.2. The van der Waals surface area contributed by atoms with E-state index in [0.29, 0.717) is 32.5 Å². The highest BCUT2D eigenvalue weighted by Gasteiger charge is 2.69. The fraction of sp³-hybridized carbons (Fsp3) is 0.857. The normalized spacial score (nSPS) is 28.8. The highest BCUT2D eigenvalue weighted by atomic mass is 32.2. The molecular formula is C35H59N7O7S. The smallest absolute Gasteiger partial charge is 0.315 e. The second kappa shape index (κ2) is 14.7. The highest BCUT2D eigenvalue weighted by Crippen LogP contribution is 2.65. The Bertz CT molecular complexity index is 1440. The molecule has 5 amide bonds. The number of Topliss-reactive ketones (excluding diaryl/α,β-unsaturated/α-hetero) is 1. The summed E-state index contributed by atoms with van der Waals surface area (Å²) in [6.07, 6.45) is 8.26. The lowest BCUT2D eigenvalue weighted by molar-refractivity contribution is -0.144. The summed E-state index contributed by atoms with van der Waals surface area (Å²) in [4.78, 5) is 68.8. The SMILES string of the molecule is CN1CCCN(C[C@@H](NC(=O)N[C@H](C(=O)N2C[C@H]3[C@@H]([C@H]2C(=O)NC(CC2CCC2)C(=O)C(N)=O)C3(C)C)C2CCCCC2)C(C)(C)C)S1(=O)=O. The molecule has 5 aliphatic rings. The monoisotopic (exact) mass is 721 g/mol. The molecule has 0 radical (unpaired) electrons. The third-order valence-electron chi connectivity index (χ3n) is 12.4. The van der Waals surface area contributed by atoms with Crippen molar-refractivity contribution >= 4 is 39.7 Å². The van der Waals surface area contributed by atoms with Crippen molar-refractivity contribution in [2.75, 3.05) is 33.2 Å². The average molecular weight is 722 g/mol. The number of fused-ring (bicyclic) bond motifs is 1. The lowest BCUT2D eigenvalue weighted by Crippen LogP contribution is -2.62. The number of amides is 5. The van der Waals surface area contributed by atoms with Gasteiger partial charge in [-0.15, -0.1) is 0 Å². The molecule has 5 rings (SSSR count). The molecule has 14 nitrogen and oxygen atoms in total. The van der Waals surface area contributed by atoms with Gasteiger partial charge in [-0.2, -0.15) is 17.0 Å². The van der Waals surface area contributed by atoms with Gasteiger partial charge in [0, 0.05) is 39.3 Å². The topological polar surface area (TPSA) is 191 Å². The summed E-state index contributed by atoms with van der Waals surface area (Å²) in [7, 11) is -2.11. The molecular weight excluding hydrogens is 662 g/mol. The number of nitrogens with zero attached hydrogens (tertiary/aromatic N) is 3. The van der Waals surface area contributed by atoms with Gasteiger partial charge < -0.3 is 26.6 Å². The number of nitrogens with two attached hydrogens (primary N) is 1. The fourth-order valence-electron chi connectivity index (χ4n) is 8.73. The molecule has 282 valence electrons. The van der Waals surface area contributed by atoms with Crippen LogP contribution >= 0.6 is 0 Å². The quantitative estimate of drug-likeness (QED) is 0.221. The highest BCUT2D eigenvalue weighted by molar-refractivity contribution is 7.86. The van der Waals surface area contributed by atoms with Crippen LogP contribution in [0.3, 0.4) is 0 Å². The molecule has 2 aliphatic heterocycles. The first-order chi connectivity index (χ1) is 23.3. The van der Waals surface area contributed by atoms with Crippen LogP contribution < -0.4 is 21.7 Å². The predicted molar refractivity (Wildman–Crippen MR) is 187 cm³/mol. The molecule has 0 aromatic rings. The maximum Gasteiger partial charge on any atom is 0.315 e. The van der Waals surface area contributed by atoms with Crippen molar-refractivity contribution in [2.45, 2.75) is 123 Å². The van der Waals surface area contributed by atoms with E-state index in [1.165, 1.54) is 8.61 Å². The molecule has 5 N–H and O–H groups in total. The minimum Gasteiger partial charge on any atom is -0.363 e. The lowest BCUT2D eigenvalue weighted by Gasteiger charge is -2.40. The van der Waals surface area contributed by atoms with Gasteiger partial charge in [0.25, 0.3) is 16.1 Å². The van der Waals surface area contributed by atoms with Crippen molar-refractivity contribution in [3.8, 4) is 0 Å². The summed E-state index contributed by atoms with van der Waals surface area (Å²) in [5.74, 6) is -2.69. The summed E-state index contributed by atoms with van der Waals surface area (Å²) < 4.78 is 28.8. The number of nitrogens with one attached hydrogen (secondary N) is 3. The van der Waals surface area contributed by atoms with Gasteiger partial charge in [-0.3, -0.25) is 19.2 Å². The Morgan fingerprint density at radius 3 is 2.14 bits per heavy atom. The Hall–Kier alpha value is -2.78. The number of piperidine rings is 1. The van der Waals surface area contributed by atoms with Gasteiger partial charge in [0.2, 0.25) is 17.6 Å². The molecule has 0 aromatic heterocycles. The number of hydrogen-bond donors (Lipinski definition) is 4. The zero-order valence-electron chi connectivity index (χ0n) is 30.7. The minimum atomic E-state index is -3.66. The summed E-state index contributed by atoms with van der Waals surface area (Å²) in [6.45, 7) is 11.2. The molecule has 50 heavy (non-hydrogen) atoms. The number of urea groups is 1. The van der Waals surface area contributed by atoms with Crippen LogP contribution in [0.25, 0.3) is 0 Å². The van der Waals surface area contributed by atoms with Gasteiger partial charge >= 0.3 is 6.03 Å². The number of likely N-dealkylation sites (tertiary alicyclic amines) is 1. The maximum atomic E-state index is 14.6. The molecule has 2 saturated heterocycles. The number of primary amides is 1. The minimum absolute atomic E-state index is 0.0786. The zero-order valence-corrected chi connectivity index (χ0v) is 31.5. The molecule has 0 bridgehead atoms. The van der Waals surface area contributed by atoms with Crippen LogP contribution in [0.1, 0.15) is 98.8 Å². The molecule has 0 spiro atoms. The van der Waals surface area contributed by atoms with E-state index in [4.69, 9.17) is 5.73 Å². The number of hydrogen-bond acceptors (Lipinski definition) is 7. The van der Waals surface area contributed by atoms with Crippen molar-refractivity contribution in [1.29, 1.82) is 0 Å². The second-order valence-electron chi connectivity index (χ2n) is 17.2. The number of ketones is 1. The third kappa shape index (κ3) is 7.99. The summed E-state index contributed by atoms with van der Waals surface area (Å²) >= 11 is 0. The van der Waals surface area contributed by atoms with E-state index in [2.05, 4.69) is 29.8 Å². The Labute approximate surface area is 297 Å². The van der Waals surface area contributed by atoms with E-state index in [9.17, 15) is 32.4 Å². The summed E-state index contributed by atoms with van der Waals surface area (Å²) in [5, 5.41) is 8.83. The van der Waals surface area contributed by atoms with Crippen molar-refractivity contribution in [3.63, 3.8) is 0 Å². The van der Waals surface area contributed by atoms with Crippen molar-refractivity contribution < 1.29 is 32.4 Å². The van der Waals surface area contributed by atoms with Gasteiger partial charge in [-0.05, 0) is 60.2 Å². The Balaban J connectivity index is 1.35. The number of rotatable bonds is 12. The average Bonchev–Trinajstić information content (AvgIpc) is 3.32. The summed E-state index contributed by atoms with van der Waals surface area (Å²) in [5.41, 5.74) is 4.68. The van der Waals surface area contributed by atoms with Crippen LogP contribution in [0.15, 0.2) is 0 Å². The first-order valence-corrected chi connectivity index (χ1v) is 20.0. The van der Waals surface area contributed by atoms with E-state index in [1.807, 2.05) is 20.8 Å². The largest absolute Gasteiger partial charge is 0.363 e. The molecule has 15 heteroatoms. The maximum absolute atomic E-state index is 14.6. The molecule has 0 aromatic carbocycles. The molecule has 1 unspecified atom stereocenters. The first kappa shape index (κ1) is 38.5. The molecule has 3 aliphatic carbocycles. The van der Waals surface area contributed by atoms with Crippen LogP contribution in [0.5, 0.6) is 0 Å². The van der Waals surface area contributed by atoms with Crippen LogP contribution in [-0.4, -0.2) is 109 Å². The Morgan fingerprint density at radius 2 is 1.56 bits per heavy atom. The van der Waals surface area contributed by atoms with E-state index in [-0.39, 0.29) is 41.5 Å². The molecule has 2 heterocycles. The molecule has 6 atom stereocenters. The number of carbonyl (C=O) groups is 5. The van der Waals surface area contributed by atoms with Crippen LogP contribution in [0.4, 0.5) is 4.79 Å². The Kier molecular flexibility index (Phi) is 11.3. The summed E-state index contributed by atoms with van der Waals surface area (Å²) in [6, 6.07) is -3.91. The van der Waals surface area contributed by atoms with Gasteiger partial charge in [0.05, 0.1) is 6.04 Å². The van der Waals surface area contributed by atoms with Crippen LogP contribution in [-0.2, 0) is 29.4 Å². The van der Waals surface area contributed by atoms with Crippen molar-refractivity contribution in [3.05, 3.63) is 0 Å². The lowest BCUT2D eigenvalue weighted by atomic mass is 9.80. The van der Waals surface area contributed by atoms with E-state index in [1.54, 1.807) is 11.9 Å². The van der Waals surface area contributed by atoms with E-state index < -0.39 is 63.4 Å². The first-order valence-electron chi connectivity index (χ1n) is 18.6. The van der Waals surface area contributed by atoms with Gasteiger partial charge in [-0.25, -0.2) is 4.79 Å². The van der Waals surface area contributed by atoms with Crippen LogP contribution in [0, 0.1) is 34.5 Å². The standard InChI is InChI=1S/C35H59N7O7S/c1-34(2,3)25(20-41-17-11-16-40(6)50(41,48)49)38-33(47)39-27(22-14-8-7-9-15-22)32(46)42-19-23-26(35(23,4)5)28(42)31(45)37-24(29(43)30(36)44)18-21-12-10-13-21/h21-28H,7-20H2,1-6H3,(H2,36,44)(H,37,45)(H2,38,39,47)/t23-,24?,25+,26-,27-,28-/m0/s1. The zero-order chi connectivity index (χ0) is 36.8. The Morgan fingerprint density at radius 1 is 0.900 bits per heavy atom. The number of carbonyl (C=O) groups excluding carboxylic acids is 5.